The van der Waals surface area contributed by atoms with Gasteiger partial charge in [-0.25, -0.2) is 4.39 Å². The average molecular weight is 429 g/mol. The van der Waals surface area contributed by atoms with Gasteiger partial charge < -0.3 is 0 Å². The van der Waals surface area contributed by atoms with Gasteiger partial charge in [0.25, 0.3) is 0 Å². The molecule has 3 aromatic carbocycles. The summed E-state index contributed by atoms with van der Waals surface area (Å²) in [6, 6.07) is 18.3. The highest BCUT2D eigenvalue weighted by molar-refractivity contribution is 5.85. The van der Waals surface area contributed by atoms with E-state index in [-0.39, 0.29) is 5.82 Å². The molecule has 0 aliphatic rings. The van der Waals surface area contributed by atoms with Crippen molar-refractivity contribution < 1.29 is 4.39 Å². The smallest absolute Gasteiger partial charge is 0.146 e. The van der Waals surface area contributed by atoms with Gasteiger partial charge in [-0.05, 0) is 60.4 Å². The van der Waals surface area contributed by atoms with E-state index in [9.17, 15) is 0 Å². The van der Waals surface area contributed by atoms with Crippen LogP contribution < -0.4 is 0 Å². The second kappa shape index (κ2) is 13.1. The van der Waals surface area contributed by atoms with Crippen molar-refractivity contribution in [3.63, 3.8) is 0 Å². The summed E-state index contributed by atoms with van der Waals surface area (Å²) in [6.45, 7) is 4.47. The summed E-state index contributed by atoms with van der Waals surface area (Å²) in [5, 5.41) is 1.62. The predicted molar refractivity (Wildman–Crippen MR) is 137 cm³/mol. The molecule has 168 valence electrons. The Morgan fingerprint density at radius 3 is 1.97 bits per heavy atom. The summed E-state index contributed by atoms with van der Waals surface area (Å²) in [5.41, 5.74) is 4.04. The lowest BCUT2D eigenvalue weighted by Gasteiger charge is -2.06. The number of fused-ring (bicyclic) bond motifs is 1. The van der Waals surface area contributed by atoms with Crippen molar-refractivity contribution in [2.45, 2.75) is 84.5 Å². The highest BCUT2D eigenvalue weighted by Crippen LogP contribution is 2.23. The highest BCUT2D eigenvalue weighted by Gasteiger charge is 2.06. The third-order valence-electron chi connectivity index (χ3n) is 6.20. The van der Waals surface area contributed by atoms with Crippen LogP contribution >= 0.6 is 0 Å². The van der Waals surface area contributed by atoms with E-state index in [4.69, 9.17) is 0 Å². The number of unbranched alkanes of at least 4 members (excludes halogenated alkanes) is 7. The predicted octanol–water partition coefficient (Wildman–Crippen LogP) is 9.01. The van der Waals surface area contributed by atoms with Gasteiger partial charge in [0.05, 0.1) is 5.56 Å². The second-order valence-corrected chi connectivity index (χ2v) is 8.90. The highest BCUT2D eigenvalue weighted by atomic mass is 19.1. The Bertz CT molecular complexity index is 1030. The van der Waals surface area contributed by atoms with Gasteiger partial charge in [0.2, 0.25) is 0 Å². The van der Waals surface area contributed by atoms with E-state index in [0.29, 0.717) is 10.9 Å². The maximum absolute atomic E-state index is 15.0. The van der Waals surface area contributed by atoms with Gasteiger partial charge in [0.15, 0.2) is 0 Å². The van der Waals surface area contributed by atoms with Crippen molar-refractivity contribution >= 4 is 10.8 Å². The molecule has 3 rings (SSSR count). The summed E-state index contributed by atoms with van der Waals surface area (Å²) >= 11 is 0. The number of hydrogen-bond donors (Lipinski definition) is 0. The minimum absolute atomic E-state index is 0.212. The normalized spacial score (nSPS) is 10.8. The van der Waals surface area contributed by atoms with Crippen molar-refractivity contribution in [3.05, 3.63) is 82.7 Å². The molecule has 0 fully saturated rings. The third kappa shape index (κ3) is 7.23. The van der Waals surface area contributed by atoms with Gasteiger partial charge in [0.1, 0.15) is 5.82 Å². The average Bonchev–Trinajstić information content (AvgIpc) is 2.82. The van der Waals surface area contributed by atoms with Crippen LogP contribution in [-0.4, -0.2) is 0 Å². The van der Waals surface area contributed by atoms with Crippen molar-refractivity contribution in [1.82, 2.24) is 0 Å². The topological polar surface area (TPSA) is 0 Å². The van der Waals surface area contributed by atoms with Crippen LogP contribution in [0, 0.1) is 17.7 Å². The molecule has 0 radical (unpaired) electrons. The fourth-order valence-electron chi connectivity index (χ4n) is 4.18. The van der Waals surface area contributed by atoms with Gasteiger partial charge in [-0.15, -0.1) is 0 Å². The van der Waals surface area contributed by atoms with E-state index in [1.165, 1.54) is 68.9 Å². The van der Waals surface area contributed by atoms with Crippen LogP contribution in [0.25, 0.3) is 10.8 Å². The molecule has 0 aliphatic carbocycles. The van der Waals surface area contributed by atoms with Crippen LogP contribution in [0.1, 0.15) is 93.9 Å². The maximum atomic E-state index is 15.0. The Morgan fingerprint density at radius 2 is 1.25 bits per heavy atom. The number of aryl methyl sites for hydroxylation is 2. The monoisotopic (exact) mass is 428 g/mol. The van der Waals surface area contributed by atoms with Crippen LogP contribution in [-0.2, 0) is 12.8 Å². The van der Waals surface area contributed by atoms with E-state index in [0.717, 1.165) is 23.8 Å². The van der Waals surface area contributed by atoms with Crippen LogP contribution in [0.5, 0.6) is 0 Å². The van der Waals surface area contributed by atoms with Crippen LogP contribution in [0.15, 0.2) is 54.6 Å². The molecule has 1 heteroatoms. The quantitative estimate of drug-likeness (QED) is 0.211. The molecular formula is C31H37F. The fraction of sp³-hybridized carbons (Fsp3) is 0.419. The van der Waals surface area contributed by atoms with E-state index < -0.39 is 0 Å². The summed E-state index contributed by atoms with van der Waals surface area (Å²) in [6.07, 6.45) is 13.7. The first kappa shape index (κ1) is 24.1. The first-order chi connectivity index (χ1) is 15.7. The molecule has 0 bridgehead atoms. The molecule has 0 heterocycles. The van der Waals surface area contributed by atoms with Gasteiger partial charge >= 0.3 is 0 Å². The number of hydrogen-bond acceptors (Lipinski definition) is 0. The van der Waals surface area contributed by atoms with Gasteiger partial charge in [-0.1, -0.05) is 107 Å². The Labute approximate surface area is 194 Å². The SMILES string of the molecule is CCCCCCCc1ccc(C#Cc2ccc3cc(CCCCCC)ccc3c2F)cc1. The molecular weight excluding hydrogens is 391 g/mol. The Kier molecular flexibility index (Phi) is 9.83. The number of halogens is 1. The summed E-state index contributed by atoms with van der Waals surface area (Å²) in [7, 11) is 0. The molecule has 0 aliphatic heterocycles. The maximum Gasteiger partial charge on any atom is 0.146 e. The standard InChI is InChI=1S/C31H37F/c1-3-5-7-9-11-12-25-14-16-26(17-15-25)18-20-28-21-22-29-24-27(13-10-8-6-4-2)19-23-30(29)31(28)32/h14-17,19,21-24H,3-13H2,1-2H3. The van der Waals surface area contributed by atoms with Crippen molar-refractivity contribution in [1.29, 1.82) is 0 Å². The fourth-order valence-corrected chi connectivity index (χ4v) is 4.18. The Balaban J connectivity index is 1.63. The lowest BCUT2D eigenvalue weighted by atomic mass is 10.00. The molecule has 0 aromatic heterocycles. The molecule has 0 N–H and O–H groups in total. The van der Waals surface area contributed by atoms with Gasteiger partial charge in [0, 0.05) is 10.9 Å². The van der Waals surface area contributed by atoms with Crippen molar-refractivity contribution in [3.8, 4) is 11.8 Å². The minimum Gasteiger partial charge on any atom is -0.205 e. The van der Waals surface area contributed by atoms with E-state index in [1.54, 1.807) is 0 Å². The zero-order valence-corrected chi connectivity index (χ0v) is 19.9. The van der Waals surface area contributed by atoms with Crippen molar-refractivity contribution in [2.75, 3.05) is 0 Å². The molecule has 0 saturated heterocycles. The molecule has 0 nitrogen and oxygen atoms in total. The van der Waals surface area contributed by atoms with Crippen LogP contribution in [0.4, 0.5) is 4.39 Å². The molecule has 0 amide bonds. The second-order valence-electron chi connectivity index (χ2n) is 8.90. The lowest BCUT2D eigenvalue weighted by molar-refractivity contribution is 0.632. The van der Waals surface area contributed by atoms with Gasteiger partial charge in [-0.3, -0.25) is 0 Å². The number of rotatable bonds is 11. The van der Waals surface area contributed by atoms with Gasteiger partial charge in [-0.2, -0.15) is 0 Å². The number of benzene rings is 3. The summed E-state index contributed by atoms with van der Waals surface area (Å²) in [5.74, 6) is 5.97. The van der Waals surface area contributed by atoms with Crippen LogP contribution in [0.3, 0.4) is 0 Å². The minimum atomic E-state index is -0.212. The van der Waals surface area contributed by atoms with E-state index in [2.05, 4.69) is 62.1 Å². The van der Waals surface area contributed by atoms with E-state index in [1.807, 2.05) is 18.2 Å². The first-order valence-corrected chi connectivity index (χ1v) is 12.5. The molecule has 0 spiro atoms. The summed E-state index contributed by atoms with van der Waals surface area (Å²) in [4.78, 5) is 0. The van der Waals surface area contributed by atoms with Crippen molar-refractivity contribution in [2.24, 2.45) is 0 Å². The van der Waals surface area contributed by atoms with Crippen LogP contribution in [0.2, 0.25) is 0 Å². The first-order valence-electron chi connectivity index (χ1n) is 12.5. The molecule has 3 aromatic rings. The molecule has 32 heavy (non-hydrogen) atoms. The Hall–Kier alpha value is -2.59. The summed E-state index contributed by atoms with van der Waals surface area (Å²) < 4.78 is 15.0. The van der Waals surface area contributed by atoms with E-state index >= 15 is 4.39 Å². The zero-order valence-electron chi connectivity index (χ0n) is 19.9. The lowest BCUT2D eigenvalue weighted by Crippen LogP contribution is -1.90. The largest absolute Gasteiger partial charge is 0.205 e. The molecule has 0 saturated carbocycles. The molecule has 0 atom stereocenters. The third-order valence-corrected chi connectivity index (χ3v) is 6.20. The zero-order chi connectivity index (χ0) is 22.6. The molecule has 0 unspecified atom stereocenters. The Morgan fingerprint density at radius 1 is 0.625 bits per heavy atom.